The fourth-order valence-electron chi connectivity index (χ4n) is 2.43. The third-order valence-corrected chi connectivity index (χ3v) is 3.77. The molecule has 0 aromatic heterocycles. The van der Waals surface area contributed by atoms with Gasteiger partial charge in [0, 0.05) is 11.7 Å². The standard InChI is InChI=1S/C15H12F3N3O4/c16-15(17,18)8-2-1-3-9(6-8)19-11(22)7-20-12(23)13(24)21(14(20)25)10-4-5-10/h1-3,6,10H,4-5,7H2,(H,19,22). The number of urea groups is 1. The maximum absolute atomic E-state index is 12.6. The van der Waals surface area contributed by atoms with Crippen molar-refractivity contribution in [2.75, 3.05) is 11.9 Å². The van der Waals surface area contributed by atoms with Gasteiger partial charge in [0.2, 0.25) is 5.91 Å². The fraction of sp³-hybridized carbons (Fsp3) is 0.333. The number of imide groups is 2. The van der Waals surface area contributed by atoms with E-state index >= 15 is 0 Å². The zero-order valence-electron chi connectivity index (χ0n) is 12.7. The molecule has 1 aromatic rings. The van der Waals surface area contributed by atoms with Crippen molar-refractivity contribution in [3.8, 4) is 0 Å². The monoisotopic (exact) mass is 355 g/mol. The summed E-state index contributed by atoms with van der Waals surface area (Å²) in [5.41, 5.74) is -1.09. The summed E-state index contributed by atoms with van der Waals surface area (Å²) in [6.45, 7) is -0.747. The van der Waals surface area contributed by atoms with Gasteiger partial charge < -0.3 is 5.32 Å². The van der Waals surface area contributed by atoms with Gasteiger partial charge >= 0.3 is 24.0 Å². The van der Waals surface area contributed by atoms with Crippen LogP contribution in [0, 0.1) is 0 Å². The minimum atomic E-state index is -4.57. The lowest BCUT2D eigenvalue weighted by Gasteiger charge is -2.15. The summed E-state index contributed by atoms with van der Waals surface area (Å²) < 4.78 is 37.9. The van der Waals surface area contributed by atoms with Crippen LogP contribution in [-0.4, -0.2) is 46.1 Å². The van der Waals surface area contributed by atoms with Crippen LogP contribution in [0.5, 0.6) is 0 Å². The Balaban J connectivity index is 1.68. The molecule has 1 N–H and O–H groups in total. The molecule has 1 saturated carbocycles. The van der Waals surface area contributed by atoms with Gasteiger partial charge in [0.25, 0.3) is 0 Å². The Morgan fingerprint density at radius 1 is 1.16 bits per heavy atom. The van der Waals surface area contributed by atoms with E-state index in [2.05, 4.69) is 5.32 Å². The smallest absolute Gasteiger partial charge is 0.325 e. The van der Waals surface area contributed by atoms with Crippen LogP contribution in [0.2, 0.25) is 0 Å². The second-order valence-electron chi connectivity index (χ2n) is 5.71. The first kappa shape index (κ1) is 16.9. The molecule has 0 spiro atoms. The molecule has 0 radical (unpaired) electrons. The van der Waals surface area contributed by atoms with E-state index in [-0.39, 0.29) is 11.7 Å². The van der Waals surface area contributed by atoms with Crippen molar-refractivity contribution in [1.82, 2.24) is 9.80 Å². The van der Waals surface area contributed by atoms with Crippen LogP contribution in [0.15, 0.2) is 24.3 Å². The zero-order chi connectivity index (χ0) is 18.4. The molecule has 7 nitrogen and oxygen atoms in total. The molecule has 10 heteroatoms. The first-order valence-electron chi connectivity index (χ1n) is 7.34. The summed E-state index contributed by atoms with van der Waals surface area (Å²) in [6.07, 6.45) is -3.36. The average molecular weight is 355 g/mol. The Hall–Kier alpha value is -2.91. The lowest BCUT2D eigenvalue weighted by Crippen LogP contribution is -2.39. The van der Waals surface area contributed by atoms with Crippen molar-refractivity contribution in [3.63, 3.8) is 0 Å². The van der Waals surface area contributed by atoms with E-state index in [1.807, 2.05) is 0 Å². The number of benzene rings is 1. The number of nitrogens with zero attached hydrogens (tertiary/aromatic N) is 2. The molecule has 132 valence electrons. The highest BCUT2D eigenvalue weighted by Crippen LogP contribution is 2.32. The summed E-state index contributed by atoms with van der Waals surface area (Å²) in [7, 11) is 0. The van der Waals surface area contributed by atoms with E-state index in [1.54, 1.807) is 0 Å². The first-order valence-corrected chi connectivity index (χ1v) is 7.34. The van der Waals surface area contributed by atoms with E-state index in [4.69, 9.17) is 0 Å². The SMILES string of the molecule is O=C(CN1C(=O)C(=O)N(C2CC2)C1=O)Nc1cccc(C(F)(F)F)c1. The Morgan fingerprint density at radius 3 is 2.44 bits per heavy atom. The van der Waals surface area contributed by atoms with Crippen molar-refractivity contribution in [2.24, 2.45) is 0 Å². The van der Waals surface area contributed by atoms with Crippen molar-refractivity contribution in [2.45, 2.75) is 25.1 Å². The highest BCUT2D eigenvalue weighted by molar-refractivity contribution is 6.45. The van der Waals surface area contributed by atoms with Crippen LogP contribution in [0.1, 0.15) is 18.4 Å². The molecule has 0 atom stereocenters. The molecule has 1 saturated heterocycles. The van der Waals surface area contributed by atoms with Crippen molar-refractivity contribution >= 4 is 29.4 Å². The maximum atomic E-state index is 12.6. The molecule has 0 unspecified atom stereocenters. The second kappa shape index (κ2) is 5.87. The van der Waals surface area contributed by atoms with E-state index in [0.29, 0.717) is 17.7 Å². The lowest BCUT2D eigenvalue weighted by atomic mass is 10.2. The summed E-state index contributed by atoms with van der Waals surface area (Å²) in [4.78, 5) is 48.9. The summed E-state index contributed by atoms with van der Waals surface area (Å²) in [6, 6.07) is 2.73. The summed E-state index contributed by atoms with van der Waals surface area (Å²) in [5, 5.41) is 2.18. The number of carbonyl (C=O) groups excluding carboxylic acids is 4. The number of hydrogen-bond acceptors (Lipinski definition) is 4. The number of amides is 5. The number of halogens is 3. The Labute approximate surface area is 139 Å². The predicted molar refractivity (Wildman–Crippen MR) is 77.1 cm³/mol. The van der Waals surface area contributed by atoms with Crippen LogP contribution < -0.4 is 5.32 Å². The van der Waals surface area contributed by atoms with Gasteiger partial charge in [0.05, 0.1) is 5.56 Å². The van der Waals surface area contributed by atoms with Gasteiger partial charge in [0.1, 0.15) is 6.54 Å². The molecule has 0 bridgehead atoms. The normalized spacial score (nSPS) is 18.1. The highest BCUT2D eigenvalue weighted by Gasteiger charge is 2.51. The number of hydrogen-bond donors (Lipinski definition) is 1. The molecule has 5 amide bonds. The molecule has 1 aromatic carbocycles. The molecule has 25 heavy (non-hydrogen) atoms. The van der Waals surface area contributed by atoms with E-state index < -0.39 is 42.0 Å². The minimum absolute atomic E-state index is 0.135. The molecular weight excluding hydrogens is 343 g/mol. The van der Waals surface area contributed by atoms with Crippen LogP contribution in [0.4, 0.5) is 23.7 Å². The van der Waals surface area contributed by atoms with Crippen molar-refractivity contribution in [1.29, 1.82) is 0 Å². The summed E-state index contributed by atoms with van der Waals surface area (Å²) >= 11 is 0. The summed E-state index contributed by atoms with van der Waals surface area (Å²) in [5.74, 6) is -2.98. The number of nitrogens with one attached hydrogen (secondary N) is 1. The van der Waals surface area contributed by atoms with Gasteiger partial charge in [-0.1, -0.05) is 6.07 Å². The Morgan fingerprint density at radius 2 is 1.84 bits per heavy atom. The predicted octanol–water partition coefficient (Wildman–Crippen LogP) is 1.60. The van der Waals surface area contributed by atoms with Crippen LogP contribution >= 0.6 is 0 Å². The van der Waals surface area contributed by atoms with Gasteiger partial charge in [-0.3, -0.25) is 19.3 Å². The molecular formula is C15H12F3N3O4. The third kappa shape index (κ3) is 3.32. The van der Waals surface area contributed by atoms with Crippen LogP contribution in [-0.2, 0) is 20.6 Å². The van der Waals surface area contributed by atoms with Crippen molar-refractivity contribution in [3.05, 3.63) is 29.8 Å². The topological polar surface area (TPSA) is 86.8 Å². The Bertz CT molecular complexity index is 774. The average Bonchev–Trinajstić information content (AvgIpc) is 3.33. The third-order valence-electron chi connectivity index (χ3n) is 3.77. The van der Waals surface area contributed by atoms with Gasteiger partial charge in [-0.05, 0) is 31.0 Å². The van der Waals surface area contributed by atoms with Crippen LogP contribution in [0.3, 0.4) is 0 Å². The first-order chi connectivity index (χ1) is 11.7. The van der Waals surface area contributed by atoms with Gasteiger partial charge in [-0.15, -0.1) is 0 Å². The van der Waals surface area contributed by atoms with Crippen molar-refractivity contribution < 1.29 is 32.3 Å². The quantitative estimate of drug-likeness (QED) is 0.657. The molecule has 2 aliphatic rings. The number of alkyl halides is 3. The zero-order valence-corrected chi connectivity index (χ0v) is 12.7. The molecule has 3 rings (SSSR count). The largest absolute Gasteiger partial charge is 0.416 e. The minimum Gasteiger partial charge on any atom is -0.325 e. The van der Waals surface area contributed by atoms with Crippen LogP contribution in [0.25, 0.3) is 0 Å². The number of carbonyl (C=O) groups is 4. The molecule has 1 aliphatic heterocycles. The second-order valence-corrected chi connectivity index (χ2v) is 5.71. The Kier molecular flexibility index (Phi) is 3.97. The lowest BCUT2D eigenvalue weighted by molar-refractivity contribution is -0.143. The number of anilines is 1. The molecule has 1 aliphatic carbocycles. The van der Waals surface area contributed by atoms with E-state index in [1.165, 1.54) is 6.07 Å². The number of rotatable bonds is 4. The van der Waals surface area contributed by atoms with Gasteiger partial charge in [-0.2, -0.15) is 13.2 Å². The van der Waals surface area contributed by atoms with Gasteiger partial charge in [-0.25, -0.2) is 9.69 Å². The van der Waals surface area contributed by atoms with Gasteiger partial charge in [0.15, 0.2) is 0 Å². The van der Waals surface area contributed by atoms with E-state index in [9.17, 15) is 32.3 Å². The molecule has 1 heterocycles. The molecule has 2 fully saturated rings. The highest BCUT2D eigenvalue weighted by atomic mass is 19.4. The van der Waals surface area contributed by atoms with E-state index in [0.717, 1.165) is 23.1 Å². The fourth-order valence-corrected chi connectivity index (χ4v) is 2.43. The maximum Gasteiger partial charge on any atom is 0.416 e.